The zero-order valence-corrected chi connectivity index (χ0v) is 12.8. The average molecular weight is 285 g/mol. The molecule has 0 aliphatic carbocycles. The number of nitrogens with zero attached hydrogens (tertiary/aromatic N) is 3. The quantitative estimate of drug-likeness (QED) is 0.844. The molecule has 2 heterocycles. The van der Waals surface area contributed by atoms with Crippen LogP contribution in [0.3, 0.4) is 0 Å². The SMILES string of the molecule is CO[C@@H]1CCN(Cc2nccn2C)[C@H]1Cc1ccccc1. The number of hydrogen-bond acceptors (Lipinski definition) is 3. The molecule has 0 saturated carbocycles. The minimum atomic E-state index is 0.311. The van der Waals surface area contributed by atoms with Crippen molar-refractivity contribution in [3.8, 4) is 0 Å². The molecule has 21 heavy (non-hydrogen) atoms. The number of hydrogen-bond donors (Lipinski definition) is 0. The lowest BCUT2D eigenvalue weighted by molar-refractivity contribution is 0.0630. The number of likely N-dealkylation sites (tertiary alicyclic amines) is 1. The van der Waals surface area contributed by atoms with E-state index in [1.807, 2.05) is 19.5 Å². The molecule has 4 heteroatoms. The molecule has 112 valence electrons. The van der Waals surface area contributed by atoms with E-state index in [0.717, 1.165) is 31.8 Å². The predicted octanol–water partition coefficient (Wildman–Crippen LogP) is 2.25. The molecule has 3 rings (SSSR count). The summed E-state index contributed by atoms with van der Waals surface area (Å²) in [6.07, 6.45) is 6.31. The van der Waals surface area contributed by atoms with Crippen LogP contribution in [0.4, 0.5) is 0 Å². The fraction of sp³-hybridized carbons (Fsp3) is 0.471. The van der Waals surface area contributed by atoms with Crippen LogP contribution in [0.5, 0.6) is 0 Å². The van der Waals surface area contributed by atoms with Crippen LogP contribution in [0.15, 0.2) is 42.7 Å². The number of methoxy groups -OCH3 is 1. The van der Waals surface area contributed by atoms with E-state index in [4.69, 9.17) is 4.74 Å². The van der Waals surface area contributed by atoms with E-state index in [2.05, 4.69) is 51.8 Å². The summed E-state index contributed by atoms with van der Waals surface area (Å²) in [5, 5.41) is 0. The molecule has 1 aromatic carbocycles. The maximum Gasteiger partial charge on any atom is 0.122 e. The highest BCUT2D eigenvalue weighted by Crippen LogP contribution is 2.25. The first-order chi connectivity index (χ1) is 10.3. The number of aromatic nitrogens is 2. The lowest BCUT2D eigenvalue weighted by Gasteiger charge is -2.27. The summed E-state index contributed by atoms with van der Waals surface area (Å²) in [6.45, 7) is 1.96. The van der Waals surface area contributed by atoms with Crippen LogP contribution >= 0.6 is 0 Å². The highest BCUT2D eigenvalue weighted by atomic mass is 16.5. The fourth-order valence-corrected chi connectivity index (χ4v) is 3.20. The third-order valence-electron chi connectivity index (χ3n) is 4.45. The lowest BCUT2D eigenvalue weighted by atomic mass is 10.0. The molecule has 4 nitrogen and oxygen atoms in total. The van der Waals surface area contributed by atoms with Crippen molar-refractivity contribution in [2.45, 2.75) is 31.5 Å². The minimum Gasteiger partial charge on any atom is -0.380 e. The van der Waals surface area contributed by atoms with Gasteiger partial charge in [-0.05, 0) is 18.4 Å². The van der Waals surface area contributed by atoms with Crippen molar-refractivity contribution >= 4 is 0 Å². The van der Waals surface area contributed by atoms with Gasteiger partial charge in [0.1, 0.15) is 5.82 Å². The van der Waals surface area contributed by atoms with Crippen LogP contribution < -0.4 is 0 Å². The van der Waals surface area contributed by atoms with Crippen molar-refractivity contribution in [2.75, 3.05) is 13.7 Å². The summed E-state index contributed by atoms with van der Waals surface area (Å²) in [5.74, 6) is 1.12. The van der Waals surface area contributed by atoms with Gasteiger partial charge < -0.3 is 9.30 Å². The summed E-state index contributed by atoms with van der Waals surface area (Å²) in [6, 6.07) is 11.1. The molecule has 0 spiro atoms. The summed E-state index contributed by atoms with van der Waals surface area (Å²) < 4.78 is 7.80. The molecule has 0 unspecified atom stereocenters. The van der Waals surface area contributed by atoms with E-state index in [0.29, 0.717) is 12.1 Å². The Bertz CT molecular complexity index is 566. The monoisotopic (exact) mass is 285 g/mol. The fourth-order valence-electron chi connectivity index (χ4n) is 3.20. The van der Waals surface area contributed by atoms with Gasteiger partial charge in [-0.2, -0.15) is 0 Å². The van der Waals surface area contributed by atoms with Crippen LogP contribution in [-0.2, 0) is 24.8 Å². The first kappa shape index (κ1) is 14.3. The van der Waals surface area contributed by atoms with Gasteiger partial charge in [-0.25, -0.2) is 4.98 Å². The molecule has 1 saturated heterocycles. The predicted molar refractivity (Wildman–Crippen MR) is 83.0 cm³/mol. The largest absolute Gasteiger partial charge is 0.380 e. The second-order valence-electron chi connectivity index (χ2n) is 5.74. The first-order valence-electron chi connectivity index (χ1n) is 7.55. The van der Waals surface area contributed by atoms with Gasteiger partial charge in [0.15, 0.2) is 0 Å². The summed E-state index contributed by atoms with van der Waals surface area (Å²) in [5.41, 5.74) is 1.37. The van der Waals surface area contributed by atoms with Crippen LogP contribution in [0.1, 0.15) is 17.8 Å². The zero-order chi connectivity index (χ0) is 14.7. The van der Waals surface area contributed by atoms with E-state index in [1.54, 1.807) is 0 Å². The minimum absolute atomic E-state index is 0.311. The van der Waals surface area contributed by atoms with Crippen molar-refractivity contribution in [1.29, 1.82) is 0 Å². The number of ether oxygens (including phenoxy) is 1. The maximum atomic E-state index is 5.71. The van der Waals surface area contributed by atoms with Gasteiger partial charge in [-0.1, -0.05) is 30.3 Å². The molecule has 2 atom stereocenters. The van der Waals surface area contributed by atoms with Crippen molar-refractivity contribution in [3.63, 3.8) is 0 Å². The van der Waals surface area contributed by atoms with Gasteiger partial charge in [0, 0.05) is 39.1 Å². The molecule has 2 aromatic rings. The highest BCUT2D eigenvalue weighted by molar-refractivity contribution is 5.17. The molecule has 1 aliphatic rings. The van der Waals surface area contributed by atoms with Gasteiger partial charge in [-0.3, -0.25) is 4.90 Å². The summed E-state index contributed by atoms with van der Waals surface area (Å²) >= 11 is 0. The number of imidazole rings is 1. The van der Waals surface area contributed by atoms with E-state index >= 15 is 0 Å². The zero-order valence-electron chi connectivity index (χ0n) is 12.8. The van der Waals surface area contributed by atoms with Gasteiger partial charge in [-0.15, -0.1) is 0 Å². The van der Waals surface area contributed by atoms with Gasteiger partial charge in [0.25, 0.3) is 0 Å². The molecule has 0 N–H and O–H groups in total. The molecule has 0 bridgehead atoms. The Hall–Kier alpha value is -1.65. The second-order valence-corrected chi connectivity index (χ2v) is 5.74. The van der Waals surface area contributed by atoms with E-state index in [9.17, 15) is 0 Å². The molecular weight excluding hydrogens is 262 g/mol. The third-order valence-corrected chi connectivity index (χ3v) is 4.45. The normalized spacial score (nSPS) is 22.8. The molecule has 0 amide bonds. The van der Waals surface area contributed by atoms with Crippen LogP contribution in [0, 0.1) is 0 Å². The van der Waals surface area contributed by atoms with Crippen molar-refractivity contribution in [2.24, 2.45) is 7.05 Å². The molecular formula is C17H23N3O. The van der Waals surface area contributed by atoms with Crippen molar-refractivity contribution in [1.82, 2.24) is 14.5 Å². The highest BCUT2D eigenvalue weighted by Gasteiger charge is 2.34. The maximum absolute atomic E-state index is 5.71. The Kier molecular flexibility index (Phi) is 4.36. The van der Waals surface area contributed by atoms with Gasteiger partial charge >= 0.3 is 0 Å². The molecule has 1 aromatic heterocycles. The van der Waals surface area contributed by atoms with Crippen LogP contribution in [0.2, 0.25) is 0 Å². The summed E-state index contributed by atoms with van der Waals surface area (Å²) in [7, 11) is 3.88. The standard InChI is InChI=1S/C17H23N3O/c1-19-11-9-18-17(19)13-20-10-8-16(21-2)15(20)12-14-6-4-3-5-7-14/h3-7,9,11,15-16H,8,10,12-13H2,1-2H3/t15-,16+/m0/s1. The van der Waals surface area contributed by atoms with Gasteiger partial charge in [0.2, 0.25) is 0 Å². The molecule has 0 radical (unpaired) electrons. The van der Waals surface area contributed by atoms with E-state index in [1.165, 1.54) is 5.56 Å². The Morgan fingerprint density at radius 1 is 1.29 bits per heavy atom. The summed E-state index contributed by atoms with van der Waals surface area (Å²) in [4.78, 5) is 6.96. The smallest absolute Gasteiger partial charge is 0.122 e. The van der Waals surface area contributed by atoms with E-state index in [-0.39, 0.29) is 0 Å². The van der Waals surface area contributed by atoms with Crippen molar-refractivity contribution < 1.29 is 4.74 Å². The number of rotatable bonds is 5. The topological polar surface area (TPSA) is 30.3 Å². The Labute approximate surface area is 126 Å². The average Bonchev–Trinajstić information content (AvgIpc) is 3.08. The van der Waals surface area contributed by atoms with Crippen LogP contribution in [0.25, 0.3) is 0 Å². The number of aryl methyl sites for hydroxylation is 1. The Morgan fingerprint density at radius 3 is 2.76 bits per heavy atom. The Balaban J connectivity index is 1.74. The molecule has 1 fully saturated rings. The first-order valence-corrected chi connectivity index (χ1v) is 7.55. The molecule has 1 aliphatic heterocycles. The van der Waals surface area contributed by atoms with E-state index < -0.39 is 0 Å². The number of benzene rings is 1. The Morgan fingerprint density at radius 2 is 2.10 bits per heavy atom. The lowest BCUT2D eigenvalue weighted by Crippen LogP contribution is -2.38. The van der Waals surface area contributed by atoms with Gasteiger partial charge in [0.05, 0.1) is 12.6 Å². The third kappa shape index (κ3) is 3.17. The second kappa shape index (κ2) is 6.41. The van der Waals surface area contributed by atoms with Crippen molar-refractivity contribution in [3.05, 3.63) is 54.1 Å². The van der Waals surface area contributed by atoms with Crippen LogP contribution in [-0.4, -0.2) is 40.3 Å².